The molecule has 0 aliphatic carbocycles. The Kier molecular flexibility index (Phi) is 4.81. The monoisotopic (exact) mass is 314 g/mol. The maximum Gasteiger partial charge on any atom is 0.174 e. The van der Waals surface area contributed by atoms with E-state index in [1.165, 1.54) is 5.56 Å². The normalized spacial score (nSPS) is 12.6. The Balaban J connectivity index is 1.96. The molecule has 0 saturated heterocycles. The van der Waals surface area contributed by atoms with E-state index in [9.17, 15) is 0 Å². The van der Waals surface area contributed by atoms with E-state index >= 15 is 0 Å². The first-order valence-corrected chi connectivity index (χ1v) is 7.88. The molecule has 1 aromatic carbocycles. The average molecular weight is 315 g/mol. The van der Waals surface area contributed by atoms with Crippen molar-refractivity contribution in [1.29, 1.82) is 0 Å². The topological polar surface area (TPSA) is 25.8 Å². The van der Waals surface area contributed by atoms with Crippen LogP contribution in [-0.4, -0.2) is 21.3 Å². The zero-order valence-electron chi connectivity index (χ0n) is 8.54. The van der Waals surface area contributed by atoms with Gasteiger partial charge in [-0.2, -0.15) is 0 Å². The Bertz CT molecular complexity index is 405. The van der Waals surface area contributed by atoms with E-state index in [0.29, 0.717) is 5.92 Å². The van der Waals surface area contributed by atoms with E-state index in [1.807, 2.05) is 6.07 Å². The number of rotatable bonds is 5. The molecule has 0 bridgehead atoms. The zero-order chi connectivity index (χ0) is 11.2. The first-order valence-electron chi connectivity index (χ1n) is 4.90. The van der Waals surface area contributed by atoms with Gasteiger partial charge >= 0.3 is 0 Å². The Hall–Kier alpha value is -0.390. The van der Waals surface area contributed by atoms with Crippen molar-refractivity contribution in [3.8, 4) is 0 Å². The minimum Gasteiger partial charge on any atom is -0.146 e. The van der Waals surface area contributed by atoms with E-state index in [2.05, 4.69) is 50.4 Å². The summed E-state index contributed by atoms with van der Waals surface area (Å²) in [4.78, 5) is 0. The number of nitrogens with zero attached hydrogens (tertiary/aromatic N) is 2. The molecule has 0 N–H and O–H groups in total. The molecule has 5 heteroatoms. The first kappa shape index (κ1) is 12.1. The third kappa shape index (κ3) is 3.30. The lowest BCUT2D eigenvalue weighted by atomic mass is 10.0. The van der Waals surface area contributed by atoms with Crippen LogP contribution in [0.25, 0.3) is 0 Å². The summed E-state index contributed by atoms with van der Waals surface area (Å²) in [6, 6.07) is 10.6. The van der Waals surface area contributed by atoms with Gasteiger partial charge in [0.2, 0.25) is 0 Å². The van der Waals surface area contributed by atoms with Gasteiger partial charge in [0.05, 0.1) is 0 Å². The van der Waals surface area contributed by atoms with Crippen LogP contribution >= 0.6 is 39.0 Å². The second kappa shape index (κ2) is 6.37. The highest BCUT2D eigenvalue weighted by Gasteiger charge is 2.11. The van der Waals surface area contributed by atoms with Crippen LogP contribution in [0.4, 0.5) is 0 Å². The van der Waals surface area contributed by atoms with Crippen LogP contribution in [-0.2, 0) is 0 Å². The summed E-state index contributed by atoms with van der Waals surface area (Å²) in [6.07, 6.45) is 0. The number of hydrogen-bond donors (Lipinski definition) is 0. The molecule has 0 saturated carbocycles. The molecular formula is C11H11BrN2S2. The summed E-state index contributed by atoms with van der Waals surface area (Å²) in [5, 5.41) is 8.84. The molecule has 0 aliphatic rings. The second-order valence-electron chi connectivity index (χ2n) is 3.28. The molecule has 2 rings (SSSR count). The Morgan fingerprint density at radius 3 is 2.75 bits per heavy atom. The fraction of sp³-hybridized carbons (Fsp3) is 0.273. The molecule has 0 amide bonds. The van der Waals surface area contributed by atoms with Crippen molar-refractivity contribution in [1.82, 2.24) is 10.2 Å². The first-order chi connectivity index (χ1) is 7.90. The minimum atomic E-state index is 0.523. The zero-order valence-corrected chi connectivity index (χ0v) is 11.8. The van der Waals surface area contributed by atoms with Gasteiger partial charge in [-0.3, -0.25) is 0 Å². The smallest absolute Gasteiger partial charge is 0.146 e. The van der Waals surface area contributed by atoms with Crippen LogP contribution in [0.2, 0.25) is 0 Å². The lowest BCUT2D eigenvalue weighted by Crippen LogP contribution is -2.03. The number of hydrogen-bond acceptors (Lipinski definition) is 4. The maximum absolute atomic E-state index is 4.03. The summed E-state index contributed by atoms with van der Waals surface area (Å²) in [7, 11) is 0. The molecule has 1 unspecified atom stereocenters. The predicted molar refractivity (Wildman–Crippen MR) is 73.6 cm³/mol. The van der Waals surface area contributed by atoms with E-state index < -0.39 is 0 Å². The summed E-state index contributed by atoms with van der Waals surface area (Å²) >= 11 is 6.94. The Morgan fingerprint density at radius 2 is 2.12 bits per heavy atom. The van der Waals surface area contributed by atoms with Crippen LogP contribution in [0.15, 0.2) is 40.2 Å². The average Bonchev–Trinajstić information content (AvgIpc) is 2.84. The summed E-state index contributed by atoms with van der Waals surface area (Å²) in [5.74, 6) is 1.56. The molecule has 16 heavy (non-hydrogen) atoms. The summed E-state index contributed by atoms with van der Waals surface area (Å²) in [5.41, 5.74) is 3.14. The van der Waals surface area contributed by atoms with Gasteiger partial charge in [-0.25, -0.2) is 0 Å². The van der Waals surface area contributed by atoms with Crippen molar-refractivity contribution in [2.75, 3.05) is 11.1 Å². The molecule has 1 heterocycles. The Morgan fingerprint density at radius 1 is 1.31 bits per heavy atom. The van der Waals surface area contributed by atoms with Crippen molar-refractivity contribution < 1.29 is 0 Å². The predicted octanol–water partition coefficient (Wildman–Crippen LogP) is 3.81. The van der Waals surface area contributed by atoms with E-state index in [4.69, 9.17) is 0 Å². The minimum absolute atomic E-state index is 0.523. The van der Waals surface area contributed by atoms with Gasteiger partial charge in [0.25, 0.3) is 0 Å². The van der Waals surface area contributed by atoms with Gasteiger partial charge in [-0.1, -0.05) is 69.4 Å². The van der Waals surface area contributed by atoms with Crippen LogP contribution in [0, 0.1) is 0 Å². The standard InChI is InChI=1S/C11H11BrN2S2/c12-6-10(9-4-2-1-3-5-9)7-15-11-14-13-8-16-11/h1-5,8,10H,6-7H2. The quantitative estimate of drug-likeness (QED) is 0.620. The molecular weight excluding hydrogens is 304 g/mol. The molecule has 2 aromatic rings. The summed E-state index contributed by atoms with van der Waals surface area (Å²) in [6.45, 7) is 0. The van der Waals surface area contributed by atoms with Crippen molar-refractivity contribution in [2.24, 2.45) is 0 Å². The third-order valence-corrected chi connectivity index (χ3v) is 5.01. The van der Waals surface area contributed by atoms with Gasteiger partial charge in [0.15, 0.2) is 4.34 Å². The van der Waals surface area contributed by atoms with E-state index in [0.717, 1.165) is 15.4 Å². The molecule has 84 valence electrons. The highest BCUT2D eigenvalue weighted by atomic mass is 79.9. The maximum atomic E-state index is 4.03. The van der Waals surface area contributed by atoms with Crippen molar-refractivity contribution in [2.45, 2.75) is 10.3 Å². The van der Waals surface area contributed by atoms with E-state index in [-0.39, 0.29) is 0 Å². The lowest BCUT2D eigenvalue weighted by Gasteiger charge is -2.12. The van der Waals surface area contributed by atoms with E-state index in [1.54, 1.807) is 28.6 Å². The second-order valence-corrected chi connectivity index (χ2v) is 6.03. The number of aromatic nitrogens is 2. The number of thioether (sulfide) groups is 1. The lowest BCUT2D eigenvalue weighted by molar-refractivity contribution is 0.899. The fourth-order valence-electron chi connectivity index (χ4n) is 1.35. The van der Waals surface area contributed by atoms with Gasteiger partial charge in [0, 0.05) is 17.0 Å². The van der Waals surface area contributed by atoms with Crippen molar-refractivity contribution in [3.63, 3.8) is 0 Å². The van der Waals surface area contributed by atoms with Crippen LogP contribution in [0.3, 0.4) is 0 Å². The molecule has 1 aromatic heterocycles. The number of benzene rings is 1. The Labute approximate surface area is 112 Å². The summed E-state index contributed by atoms with van der Waals surface area (Å²) < 4.78 is 1.04. The number of alkyl halides is 1. The van der Waals surface area contributed by atoms with Gasteiger partial charge < -0.3 is 0 Å². The van der Waals surface area contributed by atoms with Crippen LogP contribution < -0.4 is 0 Å². The number of halogens is 1. The molecule has 0 aliphatic heterocycles. The highest BCUT2D eigenvalue weighted by molar-refractivity contribution is 9.09. The van der Waals surface area contributed by atoms with Gasteiger partial charge in [-0.15, -0.1) is 10.2 Å². The molecule has 0 radical (unpaired) electrons. The fourth-order valence-corrected chi connectivity index (χ4v) is 3.90. The highest BCUT2D eigenvalue weighted by Crippen LogP contribution is 2.28. The third-order valence-electron chi connectivity index (χ3n) is 2.21. The SMILES string of the molecule is BrCC(CSc1nncs1)c1ccccc1. The van der Waals surface area contributed by atoms with Gasteiger partial charge in [-0.05, 0) is 5.56 Å². The molecule has 2 nitrogen and oxygen atoms in total. The largest absolute Gasteiger partial charge is 0.174 e. The van der Waals surface area contributed by atoms with Gasteiger partial charge in [0.1, 0.15) is 5.51 Å². The molecule has 1 atom stereocenters. The van der Waals surface area contributed by atoms with Crippen molar-refractivity contribution >= 4 is 39.0 Å². The molecule has 0 spiro atoms. The van der Waals surface area contributed by atoms with Crippen LogP contribution in [0.5, 0.6) is 0 Å². The van der Waals surface area contributed by atoms with Crippen molar-refractivity contribution in [3.05, 3.63) is 41.4 Å². The van der Waals surface area contributed by atoms with Crippen LogP contribution in [0.1, 0.15) is 11.5 Å². The molecule has 0 fully saturated rings.